The van der Waals surface area contributed by atoms with Gasteiger partial charge in [0.2, 0.25) is 5.91 Å². The lowest BCUT2D eigenvalue weighted by atomic mass is 10.1. The molecule has 1 fully saturated rings. The largest absolute Gasteiger partial charge is 0.396 e. The van der Waals surface area contributed by atoms with Gasteiger partial charge in [-0.2, -0.15) is 15.5 Å². The summed E-state index contributed by atoms with van der Waals surface area (Å²) in [7, 11) is 0. The highest BCUT2D eigenvalue weighted by molar-refractivity contribution is 7.99. The van der Waals surface area contributed by atoms with Crippen molar-refractivity contribution in [1.82, 2.24) is 24.3 Å². The monoisotopic (exact) mass is 459 g/mol. The average molecular weight is 460 g/mol. The predicted octanol–water partition coefficient (Wildman–Crippen LogP) is 2.40. The number of rotatable bonds is 5. The number of aromatic nitrogens is 4. The molecule has 1 aliphatic rings. The van der Waals surface area contributed by atoms with Gasteiger partial charge >= 0.3 is 0 Å². The van der Waals surface area contributed by atoms with Crippen LogP contribution in [0.4, 0.5) is 5.69 Å². The molecule has 1 aliphatic heterocycles. The van der Waals surface area contributed by atoms with E-state index < -0.39 is 6.10 Å². The molecule has 0 aliphatic carbocycles. The minimum absolute atomic E-state index is 0.0687. The number of benzene rings is 1. The maximum Gasteiger partial charge on any atom is 0.244 e. The molecule has 3 N–H and O–H groups in total. The normalized spacial score (nSPS) is 15.8. The Morgan fingerprint density at radius 1 is 1.21 bits per heavy atom. The van der Waals surface area contributed by atoms with E-state index in [-0.39, 0.29) is 12.5 Å². The quantitative estimate of drug-likeness (QED) is 0.469. The lowest BCUT2D eigenvalue weighted by Gasteiger charge is -2.15. The van der Waals surface area contributed by atoms with E-state index in [1.165, 1.54) is 11.8 Å². The van der Waals surface area contributed by atoms with Crippen molar-refractivity contribution in [3.8, 4) is 17.2 Å². The van der Waals surface area contributed by atoms with Crippen LogP contribution < -0.4 is 5.73 Å². The number of nitriles is 1. The number of aliphatic hydroxyl groups is 1. The fraction of sp³-hybridized carbons (Fsp3) is 0.217. The van der Waals surface area contributed by atoms with E-state index in [1.54, 1.807) is 32.6 Å². The molecular weight excluding hydrogens is 438 g/mol. The standard InChI is InChI=1S/C23H21N7O2S/c24-8-15-3-1-2-4-20(15)33-21-7-16(12-30-23(21)19(25)10-27-30)17-9-26-29(11-17)14-22(32)28-6-5-18(31)13-28/h1-4,7,9-12,18,31H,5-6,13-14,25H2/t18-/m1/s1. The second kappa shape index (κ2) is 8.61. The minimum atomic E-state index is -0.447. The highest BCUT2D eigenvalue weighted by atomic mass is 32.2. The molecule has 9 nitrogen and oxygen atoms in total. The Labute approximate surface area is 194 Å². The molecule has 1 aromatic carbocycles. The molecule has 0 saturated carbocycles. The first-order chi connectivity index (χ1) is 16.0. The van der Waals surface area contributed by atoms with E-state index in [4.69, 9.17) is 5.73 Å². The molecule has 1 saturated heterocycles. The Kier molecular flexibility index (Phi) is 5.50. The molecule has 4 heterocycles. The summed E-state index contributed by atoms with van der Waals surface area (Å²) in [6.07, 6.45) is 7.15. The number of fused-ring (bicyclic) bond motifs is 1. The summed E-state index contributed by atoms with van der Waals surface area (Å²) in [4.78, 5) is 15.8. The predicted molar refractivity (Wildman–Crippen MR) is 123 cm³/mol. The molecule has 5 rings (SSSR count). The Morgan fingerprint density at radius 2 is 2.06 bits per heavy atom. The van der Waals surface area contributed by atoms with Crippen LogP contribution in [-0.2, 0) is 11.3 Å². The minimum Gasteiger partial charge on any atom is -0.396 e. The van der Waals surface area contributed by atoms with E-state index in [0.29, 0.717) is 30.8 Å². The summed E-state index contributed by atoms with van der Waals surface area (Å²) < 4.78 is 3.32. The van der Waals surface area contributed by atoms with E-state index in [9.17, 15) is 15.2 Å². The molecule has 166 valence electrons. The van der Waals surface area contributed by atoms with Gasteiger partial charge in [-0.05, 0) is 24.6 Å². The number of nitrogens with zero attached hydrogens (tertiary/aromatic N) is 6. The molecule has 33 heavy (non-hydrogen) atoms. The first-order valence-electron chi connectivity index (χ1n) is 10.4. The van der Waals surface area contributed by atoms with Crippen LogP contribution in [0.25, 0.3) is 16.6 Å². The number of pyridine rings is 1. The summed E-state index contributed by atoms with van der Waals surface area (Å²) in [5.74, 6) is -0.0687. The number of hydrogen-bond donors (Lipinski definition) is 2. The van der Waals surface area contributed by atoms with Gasteiger partial charge in [0, 0.05) is 46.4 Å². The van der Waals surface area contributed by atoms with E-state index in [2.05, 4.69) is 16.3 Å². The Bertz CT molecular complexity index is 1390. The molecule has 1 atom stereocenters. The number of amides is 1. The van der Waals surface area contributed by atoms with Crippen LogP contribution in [0.3, 0.4) is 0 Å². The fourth-order valence-corrected chi connectivity index (χ4v) is 5.02. The Balaban J connectivity index is 1.46. The summed E-state index contributed by atoms with van der Waals surface area (Å²) in [5.41, 5.74) is 9.77. The number of hydrogen-bond acceptors (Lipinski definition) is 7. The number of nitrogens with two attached hydrogens (primary N) is 1. The zero-order valence-corrected chi connectivity index (χ0v) is 18.4. The maximum absolute atomic E-state index is 12.5. The molecule has 0 unspecified atom stereocenters. The van der Waals surface area contributed by atoms with Crippen LogP contribution in [-0.4, -0.2) is 54.5 Å². The number of likely N-dealkylation sites (tertiary alicyclic amines) is 1. The van der Waals surface area contributed by atoms with Crippen molar-refractivity contribution in [2.45, 2.75) is 28.9 Å². The first kappa shape index (κ1) is 21.1. The molecule has 4 aromatic rings. The van der Waals surface area contributed by atoms with Gasteiger partial charge in [-0.15, -0.1) is 0 Å². The van der Waals surface area contributed by atoms with Crippen molar-refractivity contribution < 1.29 is 9.90 Å². The average Bonchev–Trinajstić information content (AvgIpc) is 3.55. The van der Waals surface area contributed by atoms with Gasteiger partial charge in [0.05, 0.1) is 29.7 Å². The van der Waals surface area contributed by atoms with Gasteiger partial charge in [-0.25, -0.2) is 4.52 Å². The van der Waals surface area contributed by atoms with Crippen molar-refractivity contribution in [1.29, 1.82) is 5.26 Å². The zero-order valence-electron chi connectivity index (χ0n) is 17.6. The first-order valence-corrected chi connectivity index (χ1v) is 11.3. The smallest absolute Gasteiger partial charge is 0.244 e. The highest BCUT2D eigenvalue weighted by Crippen LogP contribution is 2.37. The fourth-order valence-electron chi connectivity index (χ4n) is 3.92. The van der Waals surface area contributed by atoms with Crippen LogP contribution in [0, 0.1) is 11.3 Å². The van der Waals surface area contributed by atoms with Crippen LogP contribution >= 0.6 is 11.8 Å². The van der Waals surface area contributed by atoms with E-state index in [1.807, 2.05) is 36.7 Å². The third kappa shape index (κ3) is 4.16. The number of anilines is 1. The van der Waals surface area contributed by atoms with Crippen LogP contribution in [0.15, 0.2) is 64.9 Å². The van der Waals surface area contributed by atoms with Crippen LogP contribution in [0.2, 0.25) is 0 Å². The van der Waals surface area contributed by atoms with Crippen molar-refractivity contribution >= 4 is 28.9 Å². The van der Waals surface area contributed by atoms with Crippen molar-refractivity contribution in [3.05, 3.63) is 60.7 Å². The van der Waals surface area contributed by atoms with Gasteiger partial charge in [0.1, 0.15) is 18.1 Å². The Hall–Kier alpha value is -3.81. The molecule has 1 amide bonds. The molecule has 3 aromatic heterocycles. The topological polar surface area (TPSA) is 125 Å². The molecule has 0 radical (unpaired) electrons. The zero-order chi connectivity index (χ0) is 22.9. The third-order valence-corrected chi connectivity index (χ3v) is 6.72. The van der Waals surface area contributed by atoms with Gasteiger partial charge in [0.15, 0.2) is 0 Å². The summed E-state index contributed by atoms with van der Waals surface area (Å²) in [6, 6.07) is 11.6. The second-order valence-corrected chi connectivity index (χ2v) is 8.99. The number of aliphatic hydroxyl groups excluding tert-OH is 1. The van der Waals surface area contributed by atoms with Gasteiger partial charge < -0.3 is 15.7 Å². The SMILES string of the molecule is N#Cc1ccccc1Sc1cc(-c2cnn(CC(=O)N3CC[C@@H](O)C3)c2)cn2ncc(N)c12. The number of carbonyl (C=O) groups excluding carboxylic acids is 1. The number of carbonyl (C=O) groups is 1. The lowest BCUT2D eigenvalue weighted by molar-refractivity contribution is -0.131. The van der Waals surface area contributed by atoms with Gasteiger partial charge in [-0.1, -0.05) is 23.9 Å². The maximum atomic E-state index is 12.5. The van der Waals surface area contributed by atoms with E-state index >= 15 is 0 Å². The molecular formula is C23H21N7O2S. The second-order valence-electron chi connectivity index (χ2n) is 7.90. The summed E-state index contributed by atoms with van der Waals surface area (Å²) in [5, 5.41) is 27.8. The van der Waals surface area contributed by atoms with Crippen molar-refractivity contribution in [2.24, 2.45) is 0 Å². The third-order valence-electron chi connectivity index (χ3n) is 5.61. The molecule has 0 bridgehead atoms. The van der Waals surface area contributed by atoms with Gasteiger partial charge in [0.25, 0.3) is 0 Å². The van der Waals surface area contributed by atoms with Crippen molar-refractivity contribution in [2.75, 3.05) is 18.8 Å². The van der Waals surface area contributed by atoms with Crippen LogP contribution in [0.1, 0.15) is 12.0 Å². The number of nitrogen functional groups attached to an aromatic ring is 1. The summed E-state index contributed by atoms with van der Waals surface area (Å²) in [6.45, 7) is 1.05. The Morgan fingerprint density at radius 3 is 2.85 bits per heavy atom. The van der Waals surface area contributed by atoms with Crippen LogP contribution in [0.5, 0.6) is 0 Å². The highest BCUT2D eigenvalue weighted by Gasteiger charge is 2.24. The van der Waals surface area contributed by atoms with Crippen molar-refractivity contribution in [3.63, 3.8) is 0 Å². The molecule has 0 spiro atoms. The summed E-state index contributed by atoms with van der Waals surface area (Å²) >= 11 is 1.46. The van der Waals surface area contributed by atoms with E-state index in [0.717, 1.165) is 26.4 Å². The lowest BCUT2D eigenvalue weighted by Crippen LogP contribution is -2.32. The van der Waals surface area contributed by atoms with Gasteiger partial charge in [-0.3, -0.25) is 9.48 Å². The molecule has 10 heteroatoms. The number of β-amino-alcohol motifs (C(OH)–C–C–N with tert-alkyl or cyclic N) is 1.